The Morgan fingerprint density at radius 3 is 2.00 bits per heavy atom. The zero-order valence-corrected chi connectivity index (χ0v) is 12.2. The molecule has 0 heterocycles. The highest BCUT2D eigenvalue weighted by atomic mass is 16.2. The Hall–Kier alpha value is -1.77. The van der Waals surface area contributed by atoms with E-state index in [-0.39, 0.29) is 42.0 Å². The summed E-state index contributed by atoms with van der Waals surface area (Å²) in [7, 11) is 0. The summed E-state index contributed by atoms with van der Waals surface area (Å²) >= 11 is 0. The number of ketones is 3. The minimum absolute atomic E-state index is 0.0770. The van der Waals surface area contributed by atoms with E-state index in [1.165, 1.54) is 0 Å². The van der Waals surface area contributed by atoms with Crippen molar-refractivity contribution >= 4 is 17.3 Å². The van der Waals surface area contributed by atoms with Gasteiger partial charge < -0.3 is 0 Å². The van der Waals surface area contributed by atoms with Crippen molar-refractivity contribution in [2.75, 3.05) is 0 Å². The van der Waals surface area contributed by atoms with E-state index in [1.54, 1.807) is 13.8 Å². The molecule has 0 spiro atoms. The maximum absolute atomic E-state index is 12.2. The fourth-order valence-corrected chi connectivity index (χ4v) is 2.70. The molecule has 0 saturated heterocycles. The minimum atomic E-state index is -1.02. The number of carbonyl (C=O) groups is 3. The van der Waals surface area contributed by atoms with Crippen LogP contribution in [0, 0.1) is 18.8 Å². The summed E-state index contributed by atoms with van der Waals surface area (Å²) in [5.41, 5.74) is 2.16. The van der Waals surface area contributed by atoms with Gasteiger partial charge in [0.25, 0.3) is 0 Å². The molecule has 0 aliphatic heterocycles. The molecule has 106 valence electrons. The summed E-state index contributed by atoms with van der Waals surface area (Å²) in [6, 6.07) is 7.89. The number of hydrogen-bond acceptors (Lipinski definition) is 3. The highest BCUT2D eigenvalue weighted by Crippen LogP contribution is 2.33. The first-order valence-corrected chi connectivity index (χ1v) is 7.06. The smallest absolute Gasteiger partial charge is 0.153 e. The molecule has 2 rings (SSSR count). The van der Waals surface area contributed by atoms with Crippen LogP contribution >= 0.6 is 0 Å². The van der Waals surface area contributed by atoms with Gasteiger partial charge >= 0.3 is 0 Å². The van der Waals surface area contributed by atoms with Crippen molar-refractivity contribution < 1.29 is 14.4 Å². The molecule has 0 bridgehead atoms. The summed E-state index contributed by atoms with van der Waals surface area (Å²) < 4.78 is 0. The number of rotatable bonds is 3. The molecule has 0 aromatic heterocycles. The van der Waals surface area contributed by atoms with Crippen molar-refractivity contribution in [3.63, 3.8) is 0 Å². The molecule has 1 aromatic rings. The molecule has 3 nitrogen and oxygen atoms in total. The van der Waals surface area contributed by atoms with Gasteiger partial charge in [-0.3, -0.25) is 14.4 Å². The molecule has 1 aliphatic rings. The van der Waals surface area contributed by atoms with E-state index in [4.69, 9.17) is 0 Å². The van der Waals surface area contributed by atoms with Crippen LogP contribution in [0.3, 0.4) is 0 Å². The van der Waals surface area contributed by atoms with Crippen LogP contribution in [0.5, 0.6) is 0 Å². The SMILES string of the molecule is Cc1ccc(C2CC(=O)C(C(=O)C(C)C)C(=O)C2)cc1. The monoisotopic (exact) mass is 272 g/mol. The average Bonchev–Trinajstić information content (AvgIpc) is 2.38. The van der Waals surface area contributed by atoms with Crippen molar-refractivity contribution in [1.82, 2.24) is 0 Å². The van der Waals surface area contributed by atoms with E-state index in [1.807, 2.05) is 31.2 Å². The summed E-state index contributed by atoms with van der Waals surface area (Å²) in [5.74, 6) is -2.04. The Morgan fingerprint density at radius 1 is 1.05 bits per heavy atom. The third-order valence-electron chi connectivity index (χ3n) is 3.94. The first-order valence-electron chi connectivity index (χ1n) is 7.06. The Bertz CT molecular complexity index is 522. The second kappa shape index (κ2) is 5.70. The van der Waals surface area contributed by atoms with Gasteiger partial charge in [0.2, 0.25) is 0 Å². The molecule has 20 heavy (non-hydrogen) atoms. The number of carbonyl (C=O) groups excluding carboxylic acids is 3. The molecule has 1 fully saturated rings. The van der Waals surface area contributed by atoms with Crippen molar-refractivity contribution in [2.45, 2.75) is 39.5 Å². The van der Waals surface area contributed by atoms with E-state index in [9.17, 15) is 14.4 Å². The second-order valence-electron chi connectivity index (χ2n) is 5.94. The van der Waals surface area contributed by atoms with E-state index in [2.05, 4.69) is 0 Å². The summed E-state index contributed by atoms with van der Waals surface area (Å²) in [4.78, 5) is 36.3. The van der Waals surface area contributed by atoms with E-state index >= 15 is 0 Å². The summed E-state index contributed by atoms with van der Waals surface area (Å²) in [5, 5.41) is 0. The Labute approximate surface area is 119 Å². The predicted octanol–water partition coefficient (Wildman–Crippen LogP) is 2.85. The number of Topliss-reactive ketones (excluding diaryl/α,β-unsaturated/α-hetero) is 3. The summed E-state index contributed by atoms with van der Waals surface area (Å²) in [6.07, 6.45) is 0.579. The molecule has 1 aromatic carbocycles. The molecule has 0 atom stereocenters. The third kappa shape index (κ3) is 2.87. The molecule has 0 radical (unpaired) electrons. The molecule has 1 aliphatic carbocycles. The van der Waals surface area contributed by atoms with Gasteiger partial charge in [0, 0.05) is 18.8 Å². The summed E-state index contributed by atoms with van der Waals surface area (Å²) in [6.45, 7) is 5.46. The van der Waals surface area contributed by atoms with Crippen molar-refractivity contribution in [2.24, 2.45) is 11.8 Å². The van der Waals surface area contributed by atoms with Gasteiger partial charge in [0.15, 0.2) is 17.3 Å². The van der Waals surface area contributed by atoms with E-state index in [0.29, 0.717) is 0 Å². The first-order chi connectivity index (χ1) is 9.40. The lowest BCUT2D eigenvalue weighted by molar-refractivity contribution is -0.143. The predicted molar refractivity (Wildman–Crippen MR) is 76.5 cm³/mol. The normalized spacial score (nSPS) is 23.2. The van der Waals surface area contributed by atoms with E-state index < -0.39 is 5.92 Å². The fourth-order valence-electron chi connectivity index (χ4n) is 2.70. The average molecular weight is 272 g/mol. The lowest BCUT2D eigenvalue weighted by Gasteiger charge is -2.26. The fraction of sp³-hybridized carbons (Fsp3) is 0.471. The number of aryl methyl sites for hydroxylation is 1. The van der Waals surface area contributed by atoms with Crippen LogP contribution in [-0.4, -0.2) is 17.3 Å². The van der Waals surface area contributed by atoms with Gasteiger partial charge in [-0.15, -0.1) is 0 Å². The topological polar surface area (TPSA) is 51.2 Å². The van der Waals surface area contributed by atoms with Crippen molar-refractivity contribution in [3.8, 4) is 0 Å². The van der Waals surface area contributed by atoms with Gasteiger partial charge in [-0.05, 0) is 18.4 Å². The largest absolute Gasteiger partial charge is 0.298 e. The Morgan fingerprint density at radius 2 is 1.55 bits per heavy atom. The Balaban J connectivity index is 2.18. The highest BCUT2D eigenvalue weighted by Gasteiger charge is 2.40. The maximum atomic E-state index is 12.2. The van der Waals surface area contributed by atoms with Crippen molar-refractivity contribution in [3.05, 3.63) is 35.4 Å². The number of benzene rings is 1. The molecule has 0 N–H and O–H groups in total. The Kier molecular flexibility index (Phi) is 4.17. The quantitative estimate of drug-likeness (QED) is 0.795. The zero-order valence-electron chi connectivity index (χ0n) is 12.2. The van der Waals surface area contributed by atoms with Crippen molar-refractivity contribution in [1.29, 1.82) is 0 Å². The van der Waals surface area contributed by atoms with Crippen LogP contribution in [0.15, 0.2) is 24.3 Å². The van der Waals surface area contributed by atoms with Gasteiger partial charge in [0.05, 0.1) is 0 Å². The van der Waals surface area contributed by atoms with Crippen LogP contribution in [0.1, 0.15) is 43.7 Å². The zero-order chi connectivity index (χ0) is 14.9. The van der Waals surface area contributed by atoms with Gasteiger partial charge in [0.1, 0.15) is 5.92 Å². The molecule has 0 amide bonds. The van der Waals surface area contributed by atoms with Gasteiger partial charge in [-0.1, -0.05) is 43.7 Å². The highest BCUT2D eigenvalue weighted by molar-refractivity contribution is 6.21. The third-order valence-corrected chi connectivity index (χ3v) is 3.94. The lowest BCUT2D eigenvalue weighted by atomic mass is 9.74. The van der Waals surface area contributed by atoms with Crippen LogP contribution in [0.4, 0.5) is 0 Å². The molecule has 3 heteroatoms. The van der Waals surface area contributed by atoms with Crippen LogP contribution < -0.4 is 0 Å². The standard InChI is InChI=1S/C17H20O3/c1-10(2)17(20)16-14(18)8-13(9-15(16)19)12-6-4-11(3)5-7-12/h4-7,10,13,16H,8-9H2,1-3H3. The van der Waals surface area contributed by atoms with E-state index in [0.717, 1.165) is 11.1 Å². The molecular weight excluding hydrogens is 252 g/mol. The van der Waals surface area contributed by atoms with Crippen LogP contribution in [0.2, 0.25) is 0 Å². The lowest BCUT2D eigenvalue weighted by Crippen LogP contribution is -2.39. The molecular formula is C17H20O3. The molecule has 1 saturated carbocycles. The van der Waals surface area contributed by atoms with Gasteiger partial charge in [-0.25, -0.2) is 0 Å². The molecule has 0 unspecified atom stereocenters. The minimum Gasteiger partial charge on any atom is -0.298 e. The van der Waals surface area contributed by atoms with Crippen LogP contribution in [-0.2, 0) is 14.4 Å². The number of hydrogen-bond donors (Lipinski definition) is 0. The van der Waals surface area contributed by atoms with Gasteiger partial charge in [-0.2, -0.15) is 0 Å². The van der Waals surface area contributed by atoms with Crippen LogP contribution in [0.25, 0.3) is 0 Å². The second-order valence-corrected chi connectivity index (χ2v) is 5.94. The first kappa shape index (κ1) is 14.6. The maximum Gasteiger partial charge on any atom is 0.153 e.